The number of carbonyl (C=O) groups is 1. The van der Waals surface area contributed by atoms with Gasteiger partial charge in [0.2, 0.25) is 0 Å². The van der Waals surface area contributed by atoms with Crippen LogP contribution >= 0.6 is 0 Å². The van der Waals surface area contributed by atoms with E-state index in [0.29, 0.717) is 13.0 Å². The molecule has 2 aromatic rings. The number of piperazine rings is 1. The van der Waals surface area contributed by atoms with E-state index in [-0.39, 0.29) is 5.78 Å². The van der Waals surface area contributed by atoms with Crippen molar-refractivity contribution in [2.75, 3.05) is 65.6 Å². The van der Waals surface area contributed by atoms with Gasteiger partial charge < -0.3 is 9.47 Å². The fourth-order valence-corrected chi connectivity index (χ4v) is 5.64. The normalized spacial score (nSPS) is 23.7. The number of carbonyl (C=O) groups excluding carboxylic acids is 1. The van der Waals surface area contributed by atoms with Gasteiger partial charge in [-0.2, -0.15) is 0 Å². The second-order valence-corrected chi connectivity index (χ2v) is 9.81. The molecule has 2 saturated heterocycles. The minimum absolute atomic E-state index is 0.166. The first kappa shape index (κ1) is 22.0. The first-order chi connectivity index (χ1) is 16.7. The van der Waals surface area contributed by atoms with Crippen molar-refractivity contribution in [3.8, 4) is 0 Å². The Morgan fingerprint density at radius 3 is 2.32 bits per heavy atom. The van der Waals surface area contributed by atoms with Gasteiger partial charge in [0.05, 0.1) is 18.8 Å². The molecule has 6 heteroatoms. The van der Waals surface area contributed by atoms with Crippen LogP contribution in [0.15, 0.2) is 42.5 Å². The van der Waals surface area contributed by atoms with Gasteiger partial charge >= 0.3 is 0 Å². The van der Waals surface area contributed by atoms with Crippen molar-refractivity contribution < 1.29 is 14.3 Å². The van der Waals surface area contributed by atoms with E-state index in [9.17, 15) is 4.79 Å². The van der Waals surface area contributed by atoms with Gasteiger partial charge in [-0.25, -0.2) is 0 Å². The fraction of sp³-hybridized carbons (Fsp3) is 0.464. The van der Waals surface area contributed by atoms with Crippen molar-refractivity contribution in [3.63, 3.8) is 0 Å². The Morgan fingerprint density at radius 2 is 1.50 bits per heavy atom. The predicted molar refractivity (Wildman–Crippen MR) is 132 cm³/mol. The molecular formula is C28H33N3O3. The lowest BCUT2D eigenvalue weighted by Gasteiger charge is -2.36. The number of hydrogen-bond acceptors (Lipinski definition) is 6. The number of allylic oxidation sites excluding steroid dienone is 1. The van der Waals surface area contributed by atoms with Crippen molar-refractivity contribution in [1.29, 1.82) is 0 Å². The van der Waals surface area contributed by atoms with E-state index < -0.39 is 0 Å². The Morgan fingerprint density at radius 1 is 0.765 bits per heavy atom. The predicted octanol–water partition coefficient (Wildman–Crippen LogP) is 2.66. The van der Waals surface area contributed by atoms with Crippen molar-refractivity contribution in [2.24, 2.45) is 0 Å². The topological polar surface area (TPSA) is 45.2 Å². The molecule has 0 bridgehead atoms. The third-order valence-corrected chi connectivity index (χ3v) is 7.64. The van der Waals surface area contributed by atoms with Gasteiger partial charge in [-0.05, 0) is 16.7 Å². The molecule has 3 aliphatic heterocycles. The minimum Gasteiger partial charge on any atom is -0.487 e. The Balaban J connectivity index is 1.08. The number of ether oxygens (including phenoxy) is 2. The molecule has 0 unspecified atom stereocenters. The lowest BCUT2D eigenvalue weighted by molar-refractivity contribution is -0.112. The standard InChI is InChI=1S/C28H33N3O3/c32-26-18-22-3-1-2-4-24(22)27(26)28-25-6-5-21(17-23(25)20-34-28)19-31-11-9-29(10-12-31)7-8-30-13-15-33-16-14-30/h1-6,17H,7-16,18-20H2/b28-27+. The van der Waals surface area contributed by atoms with Gasteiger partial charge in [0.25, 0.3) is 0 Å². The quantitative estimate of drug-likeness (QED) is 0.641. The third kappa shape index (κ3) is 4.43. The van der Waals surface area contributed by atoms with E-state index in [1.807, 2.05) is 24.3 Å². The summed E-state index contributed by atoms with van der Waals surface area (Å²) in [4.78, 5) is 20.4. The molecule has 0 atom stereocenters. The molecule has 0 amide bonds. The maximum absolute atomic E-state index is 12.8. The fourth-order valence-electron chi connectivity index (χ4n) is 5.64. The minimum atomic E-state index is 0.166. The van der Waals surface area contributed by atoms with Crippen LogP contribution in [0.1, 0.15) is 27.8 Å². The lowest BCUT2D eigenvalue weighted by Crippen LogP contribution is -2.49. The summed E-state index contributed by atoms with van der Waals surface area (Å²) < 4.78 is 11.6. The summed E-state index contributed by atoms with van der Waals surface area (Å²) in [7, 11) is 0. The van der Waals surface area contributed by atoms with E-state index in [0.717, 1.165) is 100 Å². The van der Waals surface area contributed by atoms with Crippen LogP contribution in [0.2, 0.25) is 0 Å². The average molecular weight is 460 g/mol. The van der Waals surface area contributed by atoms with Crippen LogP contribution in [-0.2, 0) is 33.8 Å². The van der Waals surface area contributed by atoms with Crippen molar-refractivity contribution in [2.45, 2.75) is 19.6 Å². The van der Waals surface area contributed by atoms with E-state index in [1.54, 1.807) is 0 Å². The Bertz CT molecular complexity index is 1100. The summed E-state index contributed by atoms with van der Waals surface area (Å²) in [5, 5.41) is 0. The number of benzene rings is 2. The Kier molecular flexibility index (Phi) is 6.22. The Hall–Kier alpha value is -2.51. The molecule has 0 spiro atoms. The highest BCUT2D eigenvalue weighted by atomic mass is 16.5. The lowest BCUT2D eigenvalue weighted by atomic mass is 9.99. The molecule has 0 N–H and O–H groups in total. The number of Topliss-reactive ketones (excluding diaryl/α,β-unsaturated/α-hetero) is 1. The van der Waals surface area contributed by atoms with Gasteiger partial charge in [-0.15, -0.1) is 0 Å². The molecule has 2 fully saturated rings. The summed E-state index contributed by atoms with van der Waals surface area (Å²) in [6.07, 6.45) is 0.476. The van der Waals surface area contributed by atoms with E-state index in [1.165, 1.54) is 11.1 Å². The van der Waals surface area contributed by atoms with Crippen molar-refractivity contribution >= 4 is 17.1 Å². The van der Waals surface area contributed by atoms with E-state index >= 15 is 0 Å². The number of morpholine rings is 1. The SMILES string of the molecule is O=C1Cc2ccccc2/C1=C1\OCc2cc(CN3CCN(CCN4CCOCC4)CC3)ccc21. The highest BCUT2D eigenvalue weighted by Crippen LogP contribution is 2.40. The zero-order chi connectivity index (χ0) is 22.9. The average Bonchev–Trinajstić information content (AvgIpc) is 3.43. The molecule has 1 aliphatic carbocycles. The first-order valence-corrected chi connectivity index (χ1v) is 12.6. The number of rotatable bonds is 5. The molecule has 34 heavy (non-hydrogen) atoms. The first-order valence-electron chi connectivity index (χ1n) is 12.6. The monoisotopic (exact) mass is 459 g/mol. The largest absolute Gasteiger partial charge is 0.487 e. The van der Waals surface area contributed by atoms with Crippen LogP contribution in [0, 0.1) is 0 Å². The molecule has 6 rings (SSSR count). The maximum atomic E-state index is 12.8. The molecule has 0 radical (unpaired) electrons. The second kappa shape index (κ2) is 9.62. The molecule has 0 saturated carbocycles. The Labute approximate surface area is 201 Å². The van der Waals surface area contributed by atoms with Crippen LogP contribution in [0.3, 0.4) is 0 Å². The zero-order valence-electron chi connectivity index (χ0n) is 19.8. The molecule has 2 aromatic carbocycles. The number of fused-ring (bicyclic) bond motifs is 2. The van der Waals surface area contributed by atoms with Gasteiger partial charge in [0.1, 0.15) is 12.4 Å². The van der Waals surface area contributed by atoms with Crippen molar-refractivity contribution in [3.05, 3.63) is 70.3 Å². The smallest absolute Gasteiger partial charge is 0.171 e. The molecule has 0 aromatic heterocycles. The van der Waals surface area contributed by atoms with Crippen LogP contribution < -0.4 is 0 Å². The maximum Gasteiger partial charge on any atom is 0.171 e. The summed E-state index contributed by atoms with van der Waals surface area (Å²) >= 11 is 0. The highest BCUT2D eigenvalue weighted by molar-refractivity contribution is 6.31. The van der Waals surface area contributed by atoms with E-state index in [2.05, 4.69) is 32.9 Å². The highest BCUT2D eigenvalue weighted by Gasteiger charge is 2.32. The summed E-state index contributed by atoms with van der Waals surface area (Å²) in [6, 6.07) is 14.7. The molecular weight excluding hydrogens is 426 g/mol. The van der Waals surface area contributed by atoms with Crippen LogP contribution in [-0.4, -0.2) is 86.1 Å². The summed E-state index contributed by atoms with van der Waals surface area (Å²) in [5.74, 6) is 0.935. The van der Waals surface area contributed by atoms with E-state index in [4.69, 9.17) is 9.47 Å². The summed E-state index contributed by atoms with van der Waals surface area (Å²) in [6.45, 7) is 12.2. The molecule has 3 heterocycles. The number of nitrogens with zero attached hydrogens (tertiary/aromatic N) is 3. The molecule has 4 aliphatic rings. The second-order valence-electron chi connectivity index (χ2n) is 9.81. The zero-order valence-corrected chi connectivity index (χ0v) is 19.8. The van der Waals surface area contributed by atoms with Gasteiger partial charge in [-0.3, -0.25) is 19.5 Å². The van der Waals surface area contributed by atoms with Crippen LogP contribution in [0.4, 0.5) is 0 Å². The van der Waals surface area contributed by atoms with Crippen molar-refractivity contribution in [1.82, 2.24) is 14.7 Å². The van der Waals surface area contributed by atoms with Crippen LogP contribution in [0.25, 0.3) is 11.3 Å². The van der Waals surface area contributed by atoms with Gasteiger partial charge in [-0.1, -0.05) is 42.5 Å². The number of hydrogen-bond donors (Lipinski definition) is 0. The summed E-state index contributed by atoms with van der Waals surface area (Å²) in [5.41, 5.74) is 6.50. The van der Waals surface area contributed by atoms with Gasteiger partial charge in [0.15, 0.2) is 5.78 Å². The molecule has 6 nitrogen and oxygen atoms in total. The molecule has 178 valence electrons. The van der Waals surface area contributed by atoms with Crippen LogP contribution in [0.5, 0.6) is 0 Å². The third-order valence-electron chi connectivity index (χ3n) is 7.64. The van der Waals surface area contributed by atoms with Gasteiger partial charge in [0, 0.05) is 76.5 Å². The number of ketones is 1.